The van der Waals surface area contributed by atoms with E-state index in [1.165, 1.54) is 0 Å². The highest BCUT2D eigenvalue weighted by Gasteiger charge is 2.17. The van der Waals surface area contributed by atoms with Crippen LogP contribution in [0.1, 0.15) is 26.3 Å². The highest BCUT2D eigenvalue weighted by Crippen LogP contribution is 2.33. The van der Waals surface area contributed by atoms with Crippen LogP contribution in [0.3, 0.4) is 0 Å². The molecule has 0 unspecified atom stereocenters. The maximum Gasteiger partial charge on any atom is 0.320 e. The smallest absolute Gasteiger partial charge is 0.320 e. The Morgan fingerprint density at radius 1 is 1.31 bits per heavy atom. The van der Waals surface area contributed by atoms with Gasteiger partial charge >= 0.3 is 5.97 Å². The number of nitrogens with zero attached hydrogens (tertiary/aromatic N) is 1. The van der Waals surface area contributed by atoms with Crippen molar-refractivity contribution in [2.75, 3.05) is 26.7 Å². The lowest BCUT2D eigenvalue weighted by molar-refractivity contribution is -0.155. The molecule has 2 rings (SSSR count). The zero-order valence-corrected chi connectivity index (χ0v) is 18.4. The van der Waals surface area contributed by atoms with Crippen LogP contribution in [0.15, 0.2) is 59.7 Å². The van der Waals surface area contributed by atoms with Crippen LogP contribution < -0.4 is 4.74 Å². The number of ether oxygens (including phenoxy) is 2. The minimum absolute atomic E-state index is 0.207. The Morgan fingerprint density at radius 2 is 2.07 bits per heavy atom. The van der Waals surface area contributed by atoms with Crippen LogP contribution >= 0.6 is 12.6 Å². The van der Waals surface area contributed by atoms with E-state index >= 15 is 0 Å². The highest BCUT2D eigenvalue weighted by molar-refractivity contribution is 7.90. The number of carbonyl (C=O) groups excluding carboxylic acids is 1. The fourth-order valence-electron chi connectivity index (χ4n) is 2.64. The van der Waals surface area contributed by atoms with Crippen molar-refractivity contribution in [2.24, 2.45) is 0 Å². The molecular formula is C23H29NO4S. The average molecular weight is 416 g/mol. The summed E-state index contributed by atoms with van der Waals surface area (Å²) in [5.41, 5.74) is 1.29. The molecule has 0 N–H and O–H groups in total. The Bertz CT molecular complexity index is 850. The molecule has 6 heteroatoms. The molecule has 0 amide bonds. The van der Waals surface area contributed by atoms with E-state index in [4.69, 9.17) is 13.9 Å². The number of benzene rings is 1. The topological polar surface area (TPSA) is 51.9 Å². The number of allylic oxidation sites excluding steroid dienone is 2. The van der Waals surface area contributed by atoms with Gasteiger partial charge in [0.2, 0.25) is 0 Å². The van der Waals surface area contributed by atoms with Crippen molar-refractivity contribution in [3.63, 3.8) is 0 Å². The van der Waals surface area contributed by atoms with E-state index in [1.807, 2.05) is 69.1 Å². The van der Waals surface area contributed by atoms with Gasteiger partial charge in [0.25, 0.3) is 0 Å². The number of furan rings is 1. The van der Waals surface area contributed by atoms with Gasteiger partial charge in [0.15, 0.2) is 0 Å². The molecule has 1 heterocycles. The molecule has 5 nitrogen and oxygen atoms in total. The first-order valence-corrected chi connectivity index (χ1v) is 9.87. The largest absolute Gasteiger partial charge is 0.492 e. The van der Waals surface area contributed by atoms with E-state index in [-0.39, 0.29) is 12.5 Å². The molecule has 0 aliphatic heterocycles. The highest BCUT2D eigenvalue weighted by atomic mass is 32.1. The molecule has 0 radical (unpaired) electrons. The van der Waals surface area contributed by atoms with Crippen LogP contribution in [0.4, 0.5) is 0 Å². The minimum atomic E-state index is -0.487. The fourth-order valence-corrected chi connectivity index (χ4v) is 2.92. The number of hydrogen-bond acceptors (Lipinski definition) is 6. The molecule has 0 saturated heterocycles. The van der Waals surface area contributed by atoms with Gasteiger partial charge in [0, 0.05) is 22.6 Å². The van der Waals surface area contributed by atoms with Crippen LogP contribution in [0.25, 0.3) is 16.2 Å². The number of likely N-dealkylation sites (N-methyl/N-ethyl adjacent to an activating group) is 1. The summed E-state index contributed by atoms with van der Waals surface area (Å²) in [6.07, 6.45) is 5.13. The zero-order chi connectivity index (χ0) is 21.4. The van der Waals surface area contributed by atoms with E-state index in [0.29, 0.717) is 18.9 Å². The van der Waals surface area contributed by atoms with E-state index in [9.17, 15) is 4.79 Å². The minimum Gasteiger partial charge on any atom is -0.492 e. The number of carbonyl (C=O) groups is 1. The van der Waals surface area contributed by atoms with Crippen molar-refractivity contribution in [3.05, 3.63) is 60.9 Å². The monoisotopic (exact) mass is 415 g/mol. The molecule has 0 spiro atoms. The number of thiol groups is 1. The van der Waals surface area contributed by atoms with Crippen LogP contribution in [0.2, 0.25) is 0 Å². The molecule has 0 fully saturated rings. The second-order valence-corrected chi connectivity index (χ2v) is 8.13. The van der Waals surface area contributed by atoms with Crippen molar-refractivity contribution in [1.29, 1.82) is 0 Å². The number of rotatable bonds is 9. The maximum absolute atomic E-state index is 11.9. The van der Waals surface area contributed by atoms with Crippen LogP contribution in [0, 0.1) is 0 Å². The molecule has 156 valence electrons. The predicted molar refractivity (Wildman–Crippen MR) is 120 cm³/mol. The Balaban J connectivity index is 2.03. The summed E-state index contributed by atoms with van der Waals surface area (Å²) < 4.78 is 16.8. The summed E-state index contributed by atoms with van der Waals surface area (Å²) in [5, 5.41) is 0. The lowest BCUT2D eigenvalue weighted by atomic mass is 10.1. The third kappa shape index (κ3) is 7.48. The fraction of sp³-hybridized carbons (Fsp3) is 0.348. The van der Waals surface area contributed by atoms with Gasteiger partial charge in [-0.2, -0.15) is 0 Å². The SMILES string of the molecule is C=C/C=C(\S)c1cc(-c2ccco2)ccc1OCCN(C)CC(=O)OC(C)(C)C. The van der Waals surface area contributed by atoms with Gasteiger partial charge in [-0.15, -0.1) is 12.6 Å². The van der Waals surface area contributed by atoms with E-state index in [0.717, 1.165) is 21.8 Å². The van der Waals surface area contributed by atoms with Crippen LogP contribution in [-0.4, -0.2) is 43.2 Å². The molecule has 2 aromatic rings. The lowest BCUT2D eigenvalue weighted by Gasteiger charge is -2.22. The van der Waals surface area contributed by atoms with Crippen molar-refractivity contribution in [1.82, 2.24) is 4.90 Å². The molecule has 1 aromatic carbocycles. The molecule has 0 atom stereocenters. The van der Waals surface area contributed by atoms with E-state index in [2.05, 4.69) is 19.2 Å². The Labute approximate surface area is 178 Å². The first kappa shape index (κ1) is 22.8. The molecule has 0 bridgehead atoms. The zero-order valence-electron chi connectivity index (χ0n) is 17.5. The lowest BCUT2D eigenvalue weighted by Crippen LogP contribution is -2.34. The molecular weight excluding hydrogens is 386 g/mol. The third-order valence-corrected chi connectivity index (χ3v) is 4.28. The molecule has 29 heavy (non-hydrogen) atoms. The third-order valence-electron chi connectivity index (χ3n) is 3.89. The molecule has 1 aromatic heterocycles. The standard InChI is InChI=1S/C23H29NO4S/c1-6-8-21(29)18-15-17(19-9-7-13-26-19)10-11-20(18)27-14-12-24(5)16-22(25)28-23(2,3)4/h6-11,13,15,29H,1,12,14,16H2,2-5H3/b21-8-. The summed E-state index contributed by atoms with van der Waals surface area (Å²) in [6.45, 7) is 10.5. The van der Waals surface area contributed by atoms with E-state index < -0.39 is 5.60 Å². The summed E-state index contributed by atoms with van der Waals surface area (Å²) in [5.74, 6) is 1.22. The first-order chi connectivity index (χ1) is 13.7. The van der Waals surface area contributed by atoms with Gasteiger partial charge in [-0.3, -0.25) is 9.69 Å². The van der Waals surface area contributed by atoms with Gasteiger partial charge in [-0.1, -0.05) is 12.7 Å². The Morgan fingerprint density at radius 3 is 2.69 bits per heavy atom. The number of esters is 1. The van der Waals surface area contributed by atoms with Gasteiger partial charge in [-0.25, -0.2) is 0 Å². The first-order valence-electron chi connectivity index (χ1n) is 9.43. The normalized spacial score (nSPS) is 12.1. The van der Waals surface area contributed by atoms with Gasteiger partial charge in [0.1, 0.15) is 23.7 Å². The van der Waals surface area contributed by atoms with E-state index in [1.54, 1.807) is 12.3 Å². The van der Waals surface area contributed by atoms with Gasteiger partial charge in [-0.05, 0) is 64.2 Å². The van der Waals surface area contributed by atoms with Crippen molar-refractivity contribution in [3.8, 4) is 17.1 Å². The van der Waals surface area contributed by atoms with Crippen LogP contribution in [0.5, 0.6) is 5.75 Å². The van der Waals surface area contributed by atoms with Gasteiger partial charge in [0.05, 0.1) is 12.8 Å². The number of hydrogen-bond donors (Lipinski definition) is 1. The van der Waals surface area contributed by atoms with Crippen molar-refractivity contribution >= 4 is 23.5 Å². The maximum atomic E-state index is 11.9. The molecule has 0 aliphatic carbocycles. The quantitative estimate of drug-likeness (QED) is 0.353. The summed E-state index contributed by atoms with van der Waals surface area (Å²) >= 11 is 4.57. The molecule has 0 saturated carbocycles. The Kier molecular flexibility index (Phi) is 8.17. The molecule has 0 aliphatic rings. The van der Waals surface area contributed by atoms with Gasteiger partial charge < -0.3 is 13.9 Å². The van der Waals surface area contributed by atoms with Crippen molar-refractivity contribution in [2.45, 2.75) is 26.4 Å². The summed E-state index contributed by atoms with van der Waals surface area (Å²) in [7, 11) is 1.86. The summed E-state index contributed by atoms with van der Waals surface area (Å²) in [4.78, 5) is 14.5. The average Bonchev–Trinajstić information content (AvgIpc) is 3.15. The van der Waals surface area contributed by atoms with Crippen molar-refractivity contribution < 1.29 is 18.7 Å². The van der Waals surface area contributed by atoms with Crippen LogP contribution in [-0.2, 0) is 9.53 Å². The summed E-state index contributed by atoms with van der Waals surface area (Å²) in [6, 6.07) is 9.56. The second-order valence-electron chi connectivity index (χ2n) is 7.65. The predicted octanol–water partition coefficient (Wildman–Crippen LogP) is 5.06. The second kappa shape index (κ2) is 10.4. The Hall–Kier alpha value is -2.44.